The molecule has 5 rings (SSSR count). The lowest BCUT2D eigenvalue weighted by atomic mass is 9.62. The second-order valence-corrected chi connectivity index (χ2v) is 14.5. The molecule has 234 valence electrons. The van der Waals surface area contributed by atoms with Gasteiger partial charge in [-0.3, -0.25) is 0 Å². The van der Waals surface area contributed by atoms with Crippen molar-refractivity contribution in [1.29, 1.82) is 0 Å². The van der Waals surface area contributed by atoms with E-state index in [1.807, 2.05) is 13.8 Å². The third-order valence-electron chi connectivity index (χ3n) is 10.9. The summed E-state index contributed by atoms with van der Waals surface area (Å²) >= 11 is 0. The number of benzene rings is 2. The van der Waals surface area contributed by atoms with Gasteiger partial charge in [0.2, 0.25) is 0 Å². The molecule has 0 N–H and O–H groups in total. The summed E-state index contributed by atoms with van der Waals surface area (Å²) in [5.41, 5.74) is 11.6. The molecule has 1 fully saturated rings. The Bertz CT molecular complexity index is 1300. The molecule has 0 aromatic heterocycles. The first-order chi connectivity index (χ1) is 20.4. The molecule has 3 unspecified atom stereocenters. The van der Waals surface area contributed by atoms with Crippen molar-refractivity contribution in [1.82, 2.24) is 0 Å². The number of rotatable bonds is 6. The molecule has 0 radical (unpaired) electrons. The Balaban J connectivity index is 0.000000242. The van der Waals surface area contributed by atoms with E-state index in [4.69, 9.17) is 0 Å². The Morgan fingerprint density at radius 3 is 1.84 bits per heavy atom. The predicted octanol–water partition coefficient (Wildman–Crippen LogP) is 13.0. The summed E-state index contributed by atoms with van der Waals surface area (Å²) in [5, 5.41) is 0. The molecule has 0 aliphatic heterocycles. The quantitative estimate of drug-likeness (QED) is 0.299. The molecular weight excluding hydrogens is 516 g/mol. The zero-order valence-electron chi connectivity index (χ0n) is 29.8. The Labute approximate surface area is 266 Å². The molecule has 0 nitrogen and oxygen atoms in total. The zero-order valence-corrected chi connectivity index (χ0v) is 29.8. The smallest absolute Gasteiger partial charge is 0.00497 e. The fourth-order valence-electron chi connectivity index (χ4n) is 7.83. The Hall–Kier alpha value is -2.60. The Morgan fingerprint density at radius 1 is 0.814 bits per heavy atom. The molecule has 43 heavy (non-hydrogen) atoms. The summed E-state index contributed by atoms with van der Waals surface area (Å²) in [6.07, 6.45) is 22.0. The first-order valence-electron chi connectivity index (χ1n) is 17.2. The van der Waals surface area contributed by atoms with Crippen LogP contribution in [0.1, 0.15) is 136 Å². The van der Waals surface area contributed by atoms with Gasteiger partial charge >= 0.3 is 0 Å². The topological polar surface area (TPSA) is 0 Å². The van der Waals surface area contributed by atoms with E-state index in [9.17, 15) is 0 Å². The number of hydrogen-bond acceptors (Lipinski definition) is 0. The third kappa shape index (κ3) is 7.05. The number of allylic oxidation sites excluding steroid dienone is 8. The fraction of sp³-hybridized carbons (Fsp3) is 0.535. The summed E-state index contributed by atoms with van der Waals surface area (Å²) < 4.78 is 0. The van der Waals surface area contributed by atoms with Crippen LogP contribution in [0.15, 0.2) is 84.5 Å². The minimum absolute atomic E-state index is 0.307. The maximum absolute atomic E-state index is 2.52. The van der Waals surface area contributed by atoms with Gasteiger partial charge in [-0.05, 0) is 122 Å². The lowest BCUT2D eigenvalue weighted by Gasteiger charge is -2.42. The molecule has 0 heteroatoms. The maximum Gasteiger partial charge on any atom is 0.00497 e. The van der Waals surface area contributed by atoms with Gasteiger partial charge in [-0.15, -0.1) is 0 Å². The average molecular weight is 579 g/mol. The molecule has 0 amide bonds. The molecule has 1 saturated carbocycles. The van der Waals surface area contributed by atoms with Gasteiger partial charge in [0, 0.05) is 5.41 Å². The van der Waals surface area contributed by atoms with Gasteiger partial charge in [0.05, 0.1) is 0 Å². The molecule has 2 aromatic rings. The largest absolute Gasteiger partial charge is 0.0910 e. The lowest BCUT2D eigenvalue weighted by Crippen LogP contribution is -2.34. The van der Waals surface area contributed by atoms with E-state index in [2.05, 4.69) is 148 Å². The second kappa shape index (κ2) is 14.0. The third-order valence-corrected chi connectivity index (χ3v) is 10.9. The van der Waals surface area contributed by atoms with E-state index in [-0.39, 0.29) is 0 Å². The van der Waals surface area contributed by atoms with Crippen LogP contribution in [0.25, 0.3) is 5.57 Å². The highest BCUT2D eigenvalue weighted by molar-refractivity contribution is 5.76. The van der Waals surface area contributed by atoms with Crippen LogP contribution in [0.5, 0.6) is 0 Å². The van der Waals surface area contributed by atoms with E-state index < -0.39 is 0 Å². The minimum Gasteiger partial charge on any atom is -0.0910 e. The lowest BCUT2D eigenvalue weighted by molar-refractivity contribution is 0.331. The second-order valence-electron chi connectivity index (χ2n) is 14.5. The monoisotopic (exact) mass is 578 g/mol. The highest BCUT2D eigenvalue weighted by Crippen LogP contribution is 2.73. The van der Waals surface area contributed by atoms with Crippen LogP contribution in [-0.4, -0.2) is 0 Å². The van der Waals surface area contributed by atoms with Crippen LogP contribution in [-0.2, 0) is 10.8 Å². The minimum atomic E-state index is 0.307. The van der Waals surface area contributed by atoms with Crippen LogP contribution in [0.4, 0.5) is 0 Å². The van der Waals surface area contributed by atoms with Crippen molar-refractivity contribution in [3.8, 4) is 0 Å². The van der Waals surface area contributed by atoms with Gasteiger partial charge in [0.15, 0.2) is 0 Å². The summed E-state index contributed by atoms with van der Waals surface area (Å²) in [7, 11) is 0. The van der Waals surface area contributed by atoms with Crippen LogP contribution in [0.3, 0.4) is 0 Å². The van der Waals surface area contributed by atoms with Crippen LogP contribution >= 0.6 is 0 Å². The van der Waals surface area contributed by atoms with Gasteiger partial charge in [0.25, 0.3) is 0 Å². The van der Waals surface area contributed by atoms with Crippen molar-refractivity contribution in [2.45, 2.75) is 132 Å². The van der Waals surface area contributed by atoms with E-state index in [0.29, 0.717) is 27.6 Å². The van der Waals surface area contributed by atoms with E-state index in [0.717, 1.165) is 12.8 Å². The highest BCUT2D eigenvalue weighted by atomic mass is 14.7. The van der Waals surface area contributed by atoms with Crippen molar-refractivity contribution >= 4 is 5.57 Å². The zero-order chi connectivity index (χ0) is 32.1. The molecule has 3 aliphatic carbocycles. The van der Waals surface area contributed by atoms with Crippen molar-refractivity contribution < 1.29 is 0 Å². The van der Waals surface area contributed by atoms with Gasteiger partial charge in [-0.25, -0.2) is 0 Å². The van der Waals surface area contributed by atoms with Gasteiger partial charge < -0.3 is 0 Å². The maximum atomic E-state index is 2.52. The molecule has 0 bridgehead atoms. The first-order valence-corrected chi connectivity index (χ1v) is 17.2. The van der Waals surface area contributed by atoms with E-state index in [1.165, 1.54) is 47.9 Å². The first kappa shape index (κ1) is 34.9. The Morgan fingerprint density at radius 2 is 1.37 bits per heavy atom. The van der Waals surface area contributed by atoms with E-state index in [1.54, 1.807) is 16.7 Å². The van der Waals surface area contributed by atoms with Crippen LogP contribution in [0.2, 0.25) is 0 Å². The normalized spacial score (nSPS) is 26.8. The fourth-order valence-corrected chi connectivity index (χ4v) is 7.83. The van der Waals surface area contributed by atoms with Gasteiger partial charge in [-0.1, -0.05) is 140 Å². The summed E-state index contributed by atoms with van der Waals surface area (Å²) in [6, 6.07) is 15.6. The van der Waals surface area contributed by atoms with Crippen molar-refractivity contribution in [3.63, 3.8) is 0 Å². The molecule has 3 aliphatic rings. The number of hydrogen-bond donors (Lipinski definition) is 0. The van der Waals surface area contributed by atoms with Gasteiger partial charge in [-0.2, -0.15) is 0 Å². The van der Waals surface area contributed by atoms with Crippen molar-refractivity contribution in [2.75, 3.05) is 0 Å². The molecule has 2 aromatic carbocycles. The summed E-state index contributed by atoms with van der Waals surface area (Å²) in [6.45, 7) is 27.1. The SMILES string of the molecule is CC.CC=CC1(C2CC=C(c3ccccc3)C=C2C)CC1(C=CCC)CC.Cc1cc2c(cc1C)C(C)(C)CCC2(C)C. The van der Waals surface area contributed by atoms with Crippen molar-refractivity contribution in [2.24, 2.45) is 16.7 Å². The molecule has 3 atom stereocenters. The molecule has 0 heterocycles. The molecule has 0 spiro atoms. The van der Waals surface area contributed by atoms with E-state index >= 15 is 0 Å². The molecular formula is C43H62. The van der Waals surface area contributed by atoms with Crippen LogP contribution in [0, 0.1) is 30.6 Å². The highest BCUT2D eigenvalue weighted by Gasteiger charge is 2.66. The molecule has 0 saturated heterocycles. The summed E-state index contributed by atoms with van der Waals surface area (Å²) in [5.74, 6) is 0.623. The number of fused-ring (bicyclic) bond motifs is 1. The Kier molecular flexibility index (Phi) is 11.4. The standard InChI is InChI=1S/C25H32.C16H24.C2H6/c1-5-8-17-24(7-3)19-25(24,16-6-2)23-15-14-22(18-20(23)4)21-12-10-9-11-13-21;1-11-9-13-14(10-12(11)2)16(5,6)8-7-15(13,3)4;1-2/h6,8-14,16-18,23H,5,7,15,19H2,1-4H3;9-10H,7-8H2,1-6H3;1-2H3. The number of aryl methyl sites for hydroxylation is 2. The average Bonchev–Trinajstić information content (AvgIpc) is 3.65. The van der Waals surface area contributed by atoms with Crippen LogP contribution < -0.4 is 0 Å². The van der Waals surface area contributed by atoms with Crippen molar-refractivity contribution in [3.05, 3.63) is 112 Å². The predicted molar refractivity (Wildman–Crippen MR) is 193 cm³/mol. The summed E-state index contributed by atoms with van der Waals surface area (Å²) in [4.78, 5) is 0. The van der Waals surface area contributed by atoms with Gasteiger partial charge in [0.1, 0.15) is 0 Å².